The fourth-order valence-electron chi connectivity index (χ4n) is 4.03. The lowest BCUT2D eigenvalue weighted by Crippen LogP contribution is -2.26. The van der Waals surface area contributed by atoms with Crippen LogP contribution in [-0.4, -0.2) is 34.9 Å². The molecule has 0 aliphatic carbocycles. The van der Waals surface area contributed by atoms with Gasteiger partial charge in [0.2, 0.25) is 5.89 Å². The first-order chi connectivity index (χ1) is 15.5. The number of nitrogens with one attached hydrogen (secondary N) is 1. The Morgan fingerprint density at radius 3 is 2.56 bits per heavy atom. The molecule has 166 valence electrons. The molecule has 6 heteroatoms. The molecule has 2 aromatic carbocycles. The number of aromatic amines is 1. The molecule has 4 aromatic rings. The third kappa shape index (κ3) is 4.32. The van der Waals surface area contributed by atoms with E-state index in [-0.39, 0.29) is 18.3 Å². The average Bonchev–Trinajstić information content (AvgIpc) is 3.42. The minimum Gasteiger partial charge on any atom is -0.456 e. The van der Waals surface area contributed by atoms with Crippen molar-refractivity contribution in [1.82, 2.24) is 14.9 Å². The summed E-state index contributed by atoms with van der Waals surface area (Å²) in [6.45, 7) is 4.48. The highest BCUT2D eigenvalue weighted by atomic mass is 16.5. The average molecular weight is 432 g/mol. The van der Waals surface area contributed by atoms with Crippen LogP contribution in [0.5, 0.6) is 0 Å². The molecule has 2 heterocycles. The summed E-state index contributed by atoms with van der Waals surface area (Å²) in [5.74, 6) is 0.764. The molecule has 0 bridgehead atoms. The van der Waals surface area contributed by atoms with Gasteiger partial charge in [-0.25, -0.2) is 9.78 Å². The Bertz CT molecular complexity index is 1190. The Balaban J connectivity index is 1.76. The van der Waals surface area contributed by atoms with E-state index >= 15 is 0 Å². The van der Waals surface area contributed by atoms with Crippen LogP contribution in [-0.2, 0) is 11.3 Å². The highest BCUT2D eigenvalue weighted by Crippen LogP contribution is 2.36. The first-order valence-electron chi connectivity index (χ1n) is 10.9. The van der Waals surface area contributed by atoms with Gasteiger partial charge in [0, 0.05) is 22.7 Å². The van der Waals surface area contributed by atoms with Crippen molar-refractivity contribution in [2.45, 2.75) is 32.9 Å². The molecule has 0 radical (unpaired) electrons. The van der Waals surface area contributed by atoms with Gasteiger partial charge >= 0.3 is 5.97 Å². The number of esters is 1. The fraction of sp³-hybridized carbons (Fsp3) is 0.308. The van der Waals surface area contributed by atoms with Crippen LogP contribution in [0.25, 0.3) is 22.2 Å². The quantitative estimate of drug-likeness (QED) is 0.356. The molecule has 0 saturated heterocycles. The standard InChI is InChI=1S/C26H29N3O3/c1-5-17(2)23(29(3)4)25-28-22(26(30)31-16-18-11-7-6-8-12-18)24(32-25)20-15-27-21-14-10-9-13-19(20)21/h6-15,17,23,27H,5,16H2,1-4H3/t17-,23-/m0/s1. The predicted octanol–water partition coefficient (Wildman–Crippen LogP) is 5.83. The maximum absolute atomic E-state index is 13.1. The number of aromatic nitrogens is 2. The van der Waals surface area contributed by atoms with Gasteiger partial charge in [0.25, 0.3) is 0 Å². The lowest BCUT2D eigenvalue weighted by molar-refractivity contribution is 0.0466. The summed E-state index contributed by atoms with van der Waals surface area (Å²) in [6, 6.07) is 17.5. The molecule has 6 nitrogen and oxygen atoms in total. The van der Waals surface area contributed by atoms with Crippen molar-refractivity contribution in [3.05, 3.63) is 77.9 Å². The number of carbonyl (C=O) groups excluding carboxylic acids is 1. The Morgan fingerprint density at radius 1 is 1.12 bits per heavy atom. The molecule has 4 rings (SSSR count). The smallest absolute Gasteiger partial charge is 0.361 e. The van der Waals surface area contributed by atoms with Gasteiger partial charge < -0.3 is 14.1 Å². The van der Waals surface area contributed by atoms with Gasteiger partial charge in [-0.2, -0.15) is 0 Å². The lowest BCUT2D eigenvalue weighted by atomic mass is 9.98. The first-order valence-corrected chi connectivity index (χ1v) is 10.9. The van der Waals surface area contributed by atoms with Gasteiger partial charge in [0.15, 0.2) is 11.5 Å². The molecule has 1 N–H and O–H groups in total. The Labute approximate surface area is 188 Å². The highest BCUT2D eigenvalue weighted by Gasteiger charge is 2.31. The number of carbonyl (C=O) groups is 1. The number of rotatable bonds is 8. The van der Waals surface area contributed by atoms with Crippen LogP contribution < -0.4 is 0 Å². The number of H-pyrrole nitrogens is 1. The molecule has 2 atom stereocenters. The second-order valence-corrected chi connectivity index (χ2v) is 8.33. The maximum atomic E-state index is 13.1. The van der Waals surface area contributed by atoms with Crippen molar-refractivity contribution in [2.24, 2.45) is 5.92 Å². The van der Waals surface area contributed by atoms with Gasteiger partial charge in [0.1, 0.15) is 6.61 Å². The molecular weight excluding hydrogens is 402 g/mol. The summed E-state index contributed by atoms with van der Waals surface area (Å²) in [4.78, 5) is 23.2. The minimum atomic E-state index is -0.495. The van der Waals surface area contributed by atoms with Crippen molar-refractivity contribution >= 4 is 16.9 Å². The number of oxazole rings is 1. The van der Waals surface area contributed by atoms with E-state index in [1.54, 1.807) is 0 Å². The summed E-state index contributed by atoms with van der Waals surface area (Å²) in [5.41, 5.74) is 2.89. The van der Waals surface area contributed by atoms with Gasteiger partial charge in [-0.05, 0) is 31.6 Å². The number of fused-ring (bicyclic) bond motifs is 1. The van der Waals surface area contributed by atoms with Crippen LogP contribution in [0.4, 0.5) is 0 Å². The van der Waals surface area contributed by atoms with Gasteiger partial charge in [0.05, 0.1) is 6.04 Å². The normalized spacial score (nSPS) is 13.4. The van der Waals surface area contributed by atoms with Crippen molar-refractivity contribution in [3.63, 3.8) is 0 Å². The van der Waals surface area contributed by atoms with E-state index in [2.05, 4.69) is 28.7 Å². The van der Waals surface area contributed by atoms with Crippen LogP contribution in [0.2, 0.25) is 0 Å². The molecule has 32 heavy (non-hydrogen) atoms. The SMILES string of the molecule is CC[C@H](C)[C@@H](c1nc(C(=O)OCc2ccccc2)c(-c2c[nH]c3ccccc23)o1)N(C)C. The predicted molar refractivity (Wildman–Crippen MR) is 125 cm³/mol. The number of benzene rings is 2. The lowest BCUT2D eigenvalue weighted by Gasteiger charge is -2.26. The molecular formula is C26H29N3O3. The van der Waals surface area contributed by atoms with E-state index < -0.39 is 5.97 Å². The molecule has 0 spiro atoms. The van der Waals surface area contributed by atoms with Crippen LogP contribution >= 0.6 is 0 Å². The molecule has 0 saturated carbocycles. The van der Waals surface area contributed by atoms with Crippen molar-refractivity contribution in [3.8, 4) is 11.3 Å². The number of hydrogen-bond acceptors (Lipinski definition) is 5. The number of para-hydroxylation sites is 1. The third-order valence-electron chi connectivity index (χ3n) is 5.88. The van der Waals surface area contributed by atoms with Gasteiger partial charge in [-0.3, -0.25) is 4.90 Å². The van der Waals surface area contributed by atoms with Crippen LogP contribution in [0.1, 0.15) is 48.3 Å². The second-order valence-electron chi connectivity index (χ2n) is 8.33. The fourth-order valence-corrected chi connectivity index (χ4v) is 4.03. The number of ether oxygens (including phenoxy) is 1. The second kappa shape index (κ2) is 9.40. The zero-order chi connectivity index (χ0) is 22.7. The van der Waals surface area contributed by atoms with E-state index in [1.165, 1.54) is 0 Å². The Hall–Kier alpha value is -3.38. The van der Waals surface area contributed by atoms with Gasteiger partial charge in [-0.1, -0.05) is 68.8 Å². The monoisotopic (exact) mass is 431 g/mol. The minimum absolute atomic E-state index is 0.0559. The van der Waals surface area contributed by atoms with Crippen LogP contribution in [0, 0.1) is 5.92 Å². The number of hydrogen-bond donors (Lipinski definition) is 1. The summed E-state index contributed by atoms with van der Waals surface area (Å²) in [6.07, 6.45) is 2.82. The van der Waals surface area contributed by atoms with E-state index in [4.69, 9.17) is 9.15 Å². The Morgan fingerprint density at radius 2 is 1.84 bits per heavy atom. The third-order valence-corrected chi connectivity index (χ3v) is 5.88. The largest absolute Gasteiger partial charge is 0.456 e. The molecule has 0 unspecified atom stereocenters. The van der Waals surface area contributed by atoms with Crippen molar-refractivity contribution in [2.75, 3.05) is 14.1 Å². The van der Waals surface area contributed by atoms with Crippen LogP contribution in [0.3, 0.4) is 0 Å². The topological polar surface area (TPSA) is 71.4 Å². The molecule has 0 amide bonds. The van der Waals surface area contributed by atoms with E-state index in [9.17, 15) is 4.79 Å². The zero-order valence-corrected chi connectivity index (χ0v) is 19.0. The first kappa shape index (κ1) is 21.8. The Kier molecular flexibility index (Phi) is 6.42. The zero-order valence-electron chi connectivity index (χ0n) is 19.0. The van der Waals surface area contributed by atoms with E-state index in [0.29, 0.717) is 17.6 Å². The molecule has 2 aromatic heterocycles. The van der Waals surface area contributed by atoms with E-state index in [0.717, 1.165) is 28.5 Å². The summed E-state index contributed by atoms with van der Waals surface area (Å²) in [5, 5.41) is 0.970. The summed E-state index contributed by atoms with van der Waals surface area (Å²) < 4.78 is 11.9. The summed E-state index contributed by atoms with van der Waals surface area (Å²) in [7, 11) is 4.00. The summed E-state index contributed by atoms with van der Waals surface area (Å²) >= 11 is 0. The van der Waals surface area contributed by atoms with Crippen LogP contribution in [0.15, 0.2) is 65.2 Å². The molecule has 0 aliphatic rings. The number of nitrogens with zero attached hydrogens (tertiary/aromatic N) is 2. The van der Waals surface area contributed by atoms with E-state index in [1.807, 2.05) is 74.9 Å². The molecule has 0 fully saturated rings. The van der Waals surface area contributed by atoms with Gasteiger partial charge in [-0.15, -0.1) is 0 Å². The van der Waals surface area contributed by atoms with Crippen molar-refractivity contribution < 1.29 is 13.9 Å². The highest BCUT2D eigenvalue weighted by molar-refractivity contribution is 6.01. The maximum Gasteiger partial charge on any atom is 0.361 e. The van der Waals surface area contributed by atoms with Crippen molar-refractivity contribution in [1.29, 1.82) is 0 Å². The molecule has 0 aliphatic heterocycles.